The summed E-state index contributed by atoms with van der Waals surface area (Å²) in [7, 11) is 0. The van der Waals surface area contributed by atoms with E-state index in [9.17, 15) is 24.9 Å². The fraction of sp³-hybridized carbons (Fsp3) is 0.385. The molecule has 0 amide bonds. The summed E-state index contributed by atoms with van der Waals surface area (Å²) in [6.07, 6.45) is -6.52. The summed E-state index contributed by atoms with van der Waals surface area (Å²) < 4.78 is 9.49. The normalized spacial score (nSPS) is 30.2. The lowest BCUT2D eigenvalue weighted by molar-refractivity contribution is -0.159. The quantitative estimate of drug-likeness (QED) is 0.587. The molecule has 0 spiro atoms. The molecule has 0 aromatic heterocycles. The maximum absolute atomic E-state index is 11.8. The molecule has 1 saturated heterocycles. The number of carbonyl (C=O) groups is 2. The third-order valence-corrected chi connectivity index (χ3v) is 2.93. The van der Waals surface area contributed by atoms with Gasteiger partial charge in [-0.05, 0) is 12.1 Å². The smallest absolute Gasteiger partial charge is 0.350 e. The standard InChI is InChI=1S/C13H14O7/c14-8-6-19-13(18)11(10(16)9(8)15)20-12(17)7-4-2-1-3-5-7/h1-5,8-11,14-16H,6H2/t8-,9-,10+,11-/m1/s1. The van der Waals surface area contributed by atoms with Crippen molar-refractivity contribution in [2.24, 2.45) is 0 Å². The van der Waals surface area contributed by atoms with Crippen LogP contribution in [0.4, 0.5) is 0 Å². The average molecular weight is 282 g/mol. The third kappa shape index (κ3) is 2.96. The van der Waals surface area contributed by atoms with Gasteiger partial charge in [0.05, 0.1) is 5.56 Å². The molecule has 0 unspecified atom stereocenters. The summed E-state index contributed by atoms with van der Waals surface area (Å²) in [5.74, 6) is -1.85. The predicted molar refractivity (Wildman–Crippen MR) is 64.6 cm³/mol. The highest BCUT2D eigenvalue weighted by atomic mass is 16.6. The van der Waals surface area contributed by atoms with Gasteiger partial charge in [-0.15, -0.1) is 0 Å². The van der Waals surface area contributed by atoms with Crippen molar-refractivity contribution in [3.05, 3.63) is 35.9 Å². The van der Waals surface area contributed by atoms with Crippen molar-refractivity contribution in [3.8, 4) is 0 Å². The van der Waals surface area contributed by atoms with Crippen LogP contribution in [-0.2, 0) is 14.3 Å². The van der Waals surface area contributed by atoms with Crippen LogP contribution in [0.1, 0.15) is 10.4 Å². The van der Waals surface area contributed by atoms with Crippen LogP contribution in [0, 0.1) is 0 Å². The van der Waals surface area contributed by atoms with Gasteiger partial charge >= 0.3 is 11.9 Å². The second-order valence-electron chi connectivity index (χ2n) is 4.37. The van der Waals surface area contributed by atoms with Gasteiger partial charge in [0.2, 0.25) is 6.10 Å². The Morgan fingerprint density at radius 2 is 1.80 bits per heavy atom. The summed E-state index contributed by atoms with van der Waals surface area (Å²) in [6, 6.07) is 7.86. The van der Waals surface area contributed by atoms with E-state index in [0.29, 0.717) is 0 Å². The zero-order valence-electron chi connectivity index (χ0n) is 10.4. The molecule has 0 saturated carbocycles. The van der Waals surface area contributed by atoms with Gasteiger partial charge in [0, 0.05) is 0 Å². The number of benzene rings is 1. The first-order valence-corrected chi connectivity index (χ1v) is 5.97. The zero-order valence-corrected chi connectivity index (χ0v) is 10.4. The first kappa shape index (κ1) is 14.4. The fourth-order valence-electron chi connectivity index (χ4n) is 1.77. The lowest BCUT2D eigenvalue weighted by Crippen LogP contribution is -2.47. The number of esters is 2. The van der Waals surface area contributed by atoms with Gasteiger partial charge in [0.15, 0.2) is 0 Å². The molecule has 0 aliphatic carbocycles. The molecule has 1 fully saturated rings. The molecule has 2 rings (SSSR count). The molecule has 1 aromatic carbocycles. The molecule has 20 heavy (non-hydrogen) atoms. The van der Waals surface area contributed by atoms with Crippen LogP contribution in [0.25, 0.3) is 0 Å². The third-order valence-electron chi connectivity index (χ3n) is 2.93. The molecule has 108 valence electrons. The van der Waals surface area contributed by atoms with Gasteiger partial charge in [0.1, 0.15) is 24.9 Å². The number of cyclic esters (lactones) is 1. The Balaban J connectivity index is 2.14. The van der Waals surface area contributed by atoms with Crippen LogP contribution < -0.4 is 0 Å². The molecular weight excluding hydrogens is 268 g/mol. The SMILES string of the molecule is O=C(O[C@H]1C(=O)OC[C@@H](O)[C@@H](O)[C@@H]1O)c1ccccc1. The molecular formula is C13H14O7. The van der Waals surface area contributed by atoms with Gasteiger partial charge in [-0.3, -0.25) is 0 Å². The van der Waals surface area contributed by atoms with E-state index in [1.807, 2.05) is 0 Å². The average Bonchev–Trinajstić information content (AvgIpc) is 2.56. The topological polar surface area (TPSA) is 113 Å². The molecule has 1 aliphatic rings. The summed E-state index contributed by atoms with van der Waals surface area (Å²) in [4.78, 5) is 23.4. The van der Waals surface area contributed by atoms with Crippen LogP contribution in [0.5, 0.6) is 0 Å². The van der Waals surface area contributed by atoms with Gasteiger partial charge < -0.3 is 24.8 Å². The monoisotopic (exact) mass is 282 g/mol. The van der Waals surface area contributed by atoms with Crippen molar-refractivity contribution >= 4 is 11.9 Å². The summed E-state index contributed by atoms with van der Waals surface area (Å²) >= 11 is 0. The summed E-state index contributed by atoms with van der Waals surface area (Å²) in [5, 5.41) is 28.7. The van der Waals surface area contributed by atoms with Crippen LogP contribution in [-0.4, -0.2) is 58.3 Å². The highest BCUT2D eigenvalue weighted by Gasteiger charge is 2.43. The summed E-state index contributed by atoms with van der Waals surface area (Å²) in [5.41, 5.74) is 0.187. The number of hydrogen-bond acceptors (Lipinski definition) is 7. The molecule has 7 heteroatoms. The molecule has 1 aliphatic heterocycles. The predicted octanol–water partition coefficient (Wildman–Crippen LogP) is -1.15. The van der Waals surface area contributed by atoms with E-state index in [4.69, 9.17) is 4.74 Å². The molecule has 1 heterocycles. The van der Waals surface area contributed by atoms with Crippen molar-refractivity contribution < 1.29 is 34.4 Å². The van der Waals surface area contributed by atoms with E-state index in [-0.39, 0.29) is 5.56 Å². The van der Waals surface area contributed by atoms with Crippen molar-refractivity contribution in [2.75, 3.05) is 6.61 Å². The van der Waals surface area contributed by atoms with E-state index < -0.39 is 43.0 Å². The Morgan fingerprint density at radius 1 is 1.15 bits per heavy atom. The maximum atomic E-state index is 11.8. The highest BCUT2D eigenvalue weighted by Crippen LogP contribution is 2.16. The van der Waals surface area contributed by atoms with Crippen LogP contribution >= 0.6 is 0 Å². The van der Waals surface area contributed by atoms with E-state index in [1.54, 1.807) is 18.2 Å². The minimum Gasteiger partial charge on any atom is -0.460 e. The lowest BCUT2D eigenvalue weighted by Gasteiger charge is -2.22. The molecule has 0 bridgehead atoms. The second-order valence-corrected chi connectivity index (χ2v) is 4.37. The fourth-order valence-corrected chi connectivity index (χ4v) is 1.77. The van der Waals surface area contributed by atoms with Crippen LogP contribution in [0.2, 0.25) is 0 Å². The van der Waals surface area contributed by atoms with Crippen LogP contribution in [0.15, 0.2) is 30.3 Å². The lowest BCUT2D eigenvalue weighted by atomic mass is 10.0. The first-order chi connectivity index (χ1) is 9.50. The maximum Gasteiger partial charge on any atom is 0.350 e. The van der Waals surface area contributed by atoms with E-state index >= 15 is 0 Å². The van der Waals surface area contributed by atoms with Crippen molar-refractivity contribution in [3.63, 3.8) is 0 Å². The van der Waals surface area contributed by atoms with Gasteiger partial charge in [-0.25, -0.2) is 9.59 Å². The number of aliphatic hydroxyl groups excluding tert-OH is 3. The first-order valence-electron chi connectivity index (χ1n) is 5.97. The Labute approximate surface area is 114 Å². The van der Waals surface area contributed by atoms with Crippen molar-refractivity contribution in [1.82, 2.24) is 0 Å². The van der Waals surface area contributed by atoms with E-state index in [0.717, 1.165) is 0 Å². The highest BCUT2D eigenvalue weighted by molar-refractivity contribution is 5.91. The largest absolute Gasteiger partial charge is 0.460 e. The number of aliphatic hydroxyl groups is 3. The second kappa shape index (κ2) is 6.00. The molecule has 1 aromatic rings. The Kier molecular flexibility index (Phi) is 4.33. The number of ether oxygens (including phenoxy) is 2. The van der Waals surface area contributed by atoms with Gasteiger partial charge in [-0.2, -0.15) is 0 Å². The van der Waals surface area contributed by atoms with Gasteiger partial charge in [-0.1, -0.05) is 18.2 Å². The molecule has 7 nitrogen and oxygen atoms in total. The Bertz CT molecular complexity index is 487. The van der Waals surface area contributed by atoms with E-state index in [1.165, 1.54) is 12.1 Å². The molecule has 3 N–H and O–H groups in total. The Hall–Kier alpha value is -1.96. The minimum absolute atomic E-state index is 0.187. The van der Waals surface area contributed by atoms with Crippen molar-refractivity contribution in [1.29, 1.82) is 0 Å². The molecule has 4 atom stereocenters. The minimum atomic E-state index is -1.76. The van der Waals surface area contributed by atoms with Crippen molar-refractivity contribution in [2.45, 2.75) is 24.4 Å². The zero-order chi connectivity index (χ0) is 14.7. The number of hydrogen-bond donors (Lipinski definition) is 3. The number of rotatable bonds is 2. The van der Waals surface area contributed by atoms with Gasteiger partial charge in [0.25, 0.3) is 0 Å². The van der Waals surface area contributed by atoms with E-state index in [2.05, 4.69) is 4.74 Å². The Morgan fingerprint density at radius 3 is 2.45 bits per heavy atom. The van der Waals surface area contributed by atoms with Crippen LogP contribution in [0.3, 0.4) is 0 Å². The molecule has 0 radical (unpaired) electrons. The number of carbonyl (C=O) groups excluding carboxylic acids is 2. The summed E-state index contributed by atoms with van der Waals surface area (Å²) in [6.45, 7) is -0.476.